The Hall–Kier alpha value is -1.10. The Morgan fingerprint density at radius 2 is 2.38 bits per heavy atom. The van der Waals surface area contributed by atoms with E-state index >= 15 is 0 Å². The maximum atomic E-state index is 8.58. The van der Waals surface area contributed by atoms with Crippen LogP contribution in [0.15, 0.2) is 18.2 Å². The zero-order valence-corrected chi connectivity index (χ0v) is 7.47. The summed E-state index contributed by atoms with van der Waals surface area (Å²) in [6.45, 7) is 0.358. The maximum absolute atomic E-state index is 8.58. The molecule has 4 nitrogen and oxygen atoms in total. The molecule has 1 aromatic heterocycles. The van der Waals surface area contributed by atoms with Gasteiger partial charge in [-0.1, -0.05) is 23.7 Å². The summed E-state index contributed by atoms with van der Waals surface area (Å²) >= 11 is 5.89. The van der Waals surface area contributed by atoms with E-state index in [4.69, 9.17) is 16.8 Å². The zero-order chi connectivity index (χ0) is 9.26. The monoisotopic (exact) mass is 197 g/mol. The molecule has 2 aromatic rings. The lowest BCUT2D eigenvalue weighted by Gasteiger charge is -2.00. The van der Waals surface area contributed by atoms with Gasteiger partial charge < -0.3 is 5.21 Å². The standard InChI is InChI=1S/C8H8ClN3O/c9-8-7-5(4-10-13)2-1-3-6(7)11-12-8/h1-3,10,13H,4H2,(H,11,12). The van der Waals surface area contributed by atoms with Crippen LogP contribution >= 0.6 is 11.6 Å². The van der Waals surface area contributed by atoms with Gasteiger partial charge in [-0.05, 0) is 11.6 Å². The van der Waals surface area contributed by atoms with Crippen LogP contribution in [0.2, 0.25) is 5.15 Å². The molecule has 1 aromatic carbocycles. The number of halogens is 1. The molecule has 0 spiro atoms. The number of hydrogen-bond acceptors (Lipinski definition) is 3. The first-order valence-electron chi connectivity index (χ1n) is 3.81. The minimum Gasteiger partial charge on any atom is -0.316 e. The molecule has 0 unspecified atom stereocenters. The van der Waals surface area contributed by atoms with Crippen LogP contribution in [0.4, 0.5) is 0 Å². The third kappa shape index (κ3) is 1.39. The van der Waals surface area contributed by atoms with Crippen molar-refractivity contribution in [3.05, 3.63) is 28.9 Å². The van der Waals surface area contributed by atoms with Crippen LogP contribution in [0, 0.1) is 0 Å². The highest BCUT2D eigenvalue weighted by molar-refractivity contribution is 6.34. The molecule has 0 bridgehead atoms. The van der Waals surface area contributed by atoms with Crippen molar-refractivity contribution < 1.29 is 5.21 Å². The van der Waals surface area contributed by atoms with Gasteiger partial charge in [0.1, 0.15) is 5.15 Å². The second kappa shape index (κ2) is 3.33. The first-order valence-corrected chi connectivity index (χ1v) is 4.19. The highest BCUT2D eigenvalue weighted by atomic mass is 35.5. The molecule has 0 aliphatic heterocycles. The summed E-state index contributed by atoms with van der Waals surface area (Å²) in [7, 11) is 0. The molecule has 0 fully saturated rings. The van der Waals surface area contributed by atoms with Crippen molar-refractivity contribution in [3.63, 3.8) is 0 Å². The Kier molecular flexibility index (Phi) is 2.18. The highest BCUT2D eigenvalue weighted by Crippen LogP contribution is 2.23. The first kappa shape index (κ1) is 8.50. The normalized spacial score (nSPS) is 10.9. The number of rotatable bonds is 2. The van der Waals surface area contributed by atoms with Crippen molar-refractivity contribution in [1.29, 1.82) is 0 Å². The Morgan fingerprint density at radius 1 is 1.54 bits per heavy atom. The third-order valence-corrected chi connectivity index (χ3v) is 2.17. The van der Waals surface area contributed by atoms with Crippen molar-refractivity contribution in [2.45, 2.75) is 6.54 Å². The van der Waals surface area contributed by atoms with E-state index in [9.17, 15) is 0 Å². The summed E-state index contributed by atoms with van der Waals surface area (Å²) in [5.41, 5.74) is 3.81. The molecule has 0 amide bonds. The van der Waals surface area contributed by atoms with Crippen molar-refractivity contribution in [2.24, 2.45) is 0 Å². The van der Waals surface area contributed by atoms with E-state index in [-0.39, 0.29) is 0 Å². The summed E-state index contributed by atoms with van der Waals surface area (Å²) in [5.74, 6) is 0. The maximum Gasteiger partial charge on any atom is 0.132 e. The number of H-pyrrole nitrogens is 1. The minimum atomic E-state index is 0.358. The average Bonchev–Trinajstić information content (AvgIpc) is 2.50. The fraction of sp³-hybridized carbons (Fsp3) is 0.125. The van der Waals surface area contributed by atoms with Crippen LogP contribution in [0.5, 0.6) is 0 Å². The Bertz CT molecular complexity index is 426. The minimum absolute atomic E-state index is 0.358. The number of aromatic nitrogens is 2. The zero-order valence-electron chi connectivity index (χ0n) is 6.71. The van der Waals surface area contributed by atoms with Gasteiger partial charge >= 0.3 is 0 Å². The van der Waals surface area contributed by atoms with Crippen LogP contribution in [-0.4, -0.2) is 15.4 Å². The number of benzene rings is 1. The van der Waals surface area contributed by atoms with Crippen molar-refractivity contribution in [2.75, 3.05) is 0 Å². The molecule has 0 atom stereocenters. The van der Waals surface area contributed by atoms with Gasteiger partial charge in [-0.15, -0.1) is 0 Å². The van der Waals surface area contributed by atoms with Crippen LogP contribution in [0.1, 0.15) is 5.56 Å². The predicted molar refractivity (Wildman–Crippen MR) is 49.7 cm³/mol. The number of fused-ring (bicyclic) bond motifs is 1. The molecule has 13 heavy (non-hydrogen) atoms. The van der Waals surface area contributed by atoms with E-state index in [0.717, 1.165) is 16.5 Å². The predicted octanol–water partition coefficient (Wildman–Crippen LogP) is 1.70. The second-order valence-corrected chi connectivity index (χ2v) is 3.06. The van der Waals surface area contributed by atoms with Crippen LogP contribution in [-0.2, 0) is 6.54 Å². The van der Waals surface area contributed by atoms with Gasteiger partial charge in [0, 0.05) is 11.9 Å². The Morgan fingerprint density at radius 3 is 3.15 bits per heavy atom. The molecular weight excluding hydrogens is 190 g/mol. The molecule has 0 saturated heterocycles. The fourth-order valence-electron chi connectivity index (χ4n) is 1.33. The molecule has 0 saturated carbocycles. The van der Waals surface area contributed by atoms with E-state index in [1.54, 1.807) is 0 Å². The first-order chi connectivity index (χ1) is 6.33. The number of hydroxylamine groups is 1. The molecule has 3 N–H and O–H groups in total. The number of hydrogen-bond donors (Lipinski definition) is 3. The van der Waals surface area contributed by atoms with Crippen LogP contribution in [0.25, 0.3) is 10.9 Å². The van der Waals surface area contributed by atoms with Gasteiger partial charge in [-0.2, -0.15) is 5.10 Å². The smallest absolute Gasteiger partial charge is 0.132 e. The largest absolute Gasteiger partial charge is 0.316 e. The lowest BCUT2D eigenvalue weighted by molar-refractivity contribution is 0.161. The van der Waals surface area contributed by atoms with E-state index < -0.39 is 0 Å². The number of nitrogens with one attached hydrogen (secondary N) is 2. The number of nitrogens with zero attached hydrogens (tertiary/aromatic N) is 1. The molecule has 1 heterocycles. The van der Waals surface area contributed by atoms with Gasteiger partial charge in [0.2, 0.25) is 0 Å². The molecular formula is C8H8ClN3O. The van der Waals surface area contributed by atoms with Crippen LogP contribution < -0.4 is 5.48 Å². The molecule has 0 radical (unpaired) electrons. The van der Waals surface area contributed by atoms with Gasteiger partial charge in [-0.25, -0.2) is 5.48 Å². The van der Waals surface area contributed by atoms with Gasteiger partial charge in [0.25, 0.3) is 0 Å². The Balaban J connectivity index is 2.65. The fourth-order valence-corrected chi connectivity index (χ4v) is 1.59. The van der Waals surface area contributed by atoms with Crippen molar-refractivity contribution >= 4 is 22.5 Å². The highest BCUT2D eigenvalue weighted by Gasteiger charge is 2.06. The van der Waals surface area contributed by atoms with Crippen molar-refractivity contribution in [3.8, 4) is 0 Å². The Labute approximate surface area is 79.5 Å². The lowest BCUT2D eigenvalue weighted by atomic mass is 10.1. The second-order valence-electron chi connectivity index (χ2n) is 2.68. The van der Waals surface area contributed by atoms with Gasteiger partial charge in [0.15, 0.2) is 0 Å². The van der Waals surface area contributed by atoms with Crippen LogP contribution in [0.3, 0.4) is 0 Å². The summed E-state index contributed by atoms with van der Waals surface area (Å²) < 4.78 is 0. The quantitative estimate of drug-likeness (QED) is 0.643. The molecule has 0 aliphatic carbocycles. The lowest BCUT2D eigenvalue weighted by Crippen LogP contribution is -2.06. The summed E-state index contributed by atoms with van der Waals surface area (Å²) in [4.78, 5) is 0. The van der Waals surface area contributed by atoms with E-state index in [2.05, 4.69) is 15.7 Å². The average molecular weight is 198 g/mol. The van der Waals surface area contributed by atoms with Gasteiger partial charge in [-0.3, -0.25) is 5.10 Å². The van der Waals surface area contributed by atoms with Gasteiger partial charge in [0.05, 0.1) is 5.52 Å². The summed E-state index contributed by atoms with van der Waals surface area (Å²) in [6.07, 6.45) is 0. The third-order valence-electron chi connectivity index (χ3n) is 1.89. The molecule has 0 aliphatic rings. The number of aromatic amines is 1. The van der Waals surface area contributed by atoms with Crippen molar-refractivity contribution in [1.82, 2.24) is 15.7 Å². The van der Waals surface area contributed by atoms with E-state index in [1.165, 1.54) is 0 Å². The molecule has 68 valence electrons. The van der Waals surface area contributed by atoms with E-state index in [0.29, 0.717) is 11.7 Å². The summed E-state index contributed by atoms with van der Waals surface area (Å²) in [5, 5.41) is 16.6. The SMILES string of the molecule is ONCc1cccc2n[nH]c(Cl)c12. The topological polar surface area (TPSA) is 60.9 Å². The molecule has 2 rings (SSSR count). The van der Waals surface area contributed by atoms with E-state index in [1.807, 2.05) is 18.2 Å². The summed E-state index contributed by atoms with van der Waals surface area (Å²) in [6, 6.07) is 5.61. The molecule has 5 heteroatoms.